The molecule has 14 atom stereocenters. The maximum Gasteiger partial charge on any atom is 0.226 e. The third-order valence-corrected chi connectivity index (χ3v) is 7.10. The highest BCUT2D eigenvalue weighted by Gasteiger charge is 2.54. The zero-order valence-corrected chi connectivity index (χ0v) is 23.6. The smallest absolute Gasteiger partial charge is 0.226 e. The van der Waals surface area contributed by atoms with Crippen molar-refractivity contribution in [2.24, 2.45) is 5.73 Å². The number of carbonyl (C=O) groups excluding carboxylic acids is 4. The summed E-state index contributed by atoms with van der Waals surface area (Å²) in [4.78, 5) is 48.7. The molecule has 43 heavy (non-hydrogen) atoms. The number of hydrogen-bond donors (Lipinski definition) is 10. The topological polar surface area (TPSA) is 308 Å². The van der Waals surface area contributed by atoms with Crippen molar-refractivity contribution in [3.05, 3.63) is 0 Å². The second-order valence-corrected chi connectivity index (χ2v) is 10.2. The summed E-state index contributed by atoms with van der Waals surface area (Å²) in [5, 5.41) is 84.3. The molecule has 11 N–H and O–H groups in total. The molecule has 2 rings (SSSR count). The number of amides is 3. The molecule has 2 heterocycles. The highest BCUT2D eigenvalue weighted by Crippen LogP contribution is 2.33. The fourth-order valence-electron chi connectivity index (χ4n) is 4.93. The van der Waals surface area contributed by atoms with Gasteiger partial charge in [-0.05, 0) is 0 Å². The van der Waals surface area contributed by atoms with E-state index in [0.29, 0.717) is 4.90 Å². The number of imide groups is 1. The van der Waals surface area contributed by atoms with Gasteiger partial charge in [-0.1, -0.05) is 0 Å². The van der Waals surface area contributed by atoms with Crippen LogP contribution in [0.2, 0.25) is 0 Å². The Morgan fingerprint density at radius 3 is 1.95 bits per heavy atom. The van der Waals surface area contributed by atoms with Crippen LogP contribution in [0.15, 0.2) is 0 Å². The van der Waals surface area contributed by atoms with E-state index in [0.717, 1.165) is 20.8 Å². The average molecular weight is 628 g/mol. The highest BCUT2D eigenvalue weighted by atomic mass is 16.7. The fraction of sp³-hybridized carbons (Fsp3) is 0.833. The zero-order chi connectivity index (χ0) is 32.8. The molecule has 19 heteroatoms. The molecule has 2 aliphatic rings. The van der Waals surface area contributed by atoms with Crippen LogP contribution in [-0.2, 0) is 38.1 Å². The summed E-state index contributed by atoms with van der Waals surface area (Å²) < 4.78 is 22.5. The van der Waals surface area contributed by atoms with E-state index in [1.54, 1.807) is 0 Å². The van der Waals surface area contributed by atoms with Crippen LogP contribution in [-0.4, -0.2) is 175 Å². The molecular formula is C24H41N3O16. The van der Waals surface area contributed by atoms with Crippen molar-refractivity contribution in [2.75, 3.05) is 19.8 Å². The molecule has 0 aromatic carbocycles. The highest BCUT2D eigenvalue weighted by molar-refractivity contribution is 5.93. The Bertz CT molecular complexity index is 944. The fourth-order valence-corrected chi connectivity index (χ4v) is 4.93. The van der Waals surface area contributed by atoms with Gasteiger partial charge >= 0.3 is 0 Å². The van der Waals surface area contributed by atoms with Crippen molar-refractivity contribution in [2.45, 2.75) is 106 Å². The second-order valence-electron chi connectivity index (χ2n) is 10.2. The molecule has 248 valence electrons. The van der Waals surface area contributed by atoms with Gasteiger partial charge in [0.15, 0.2) is 12.6 Å². The van der Waals surface area contributed by atoms with Crippen molar-refractivity contribution in [3.63, 3.8) is 0 Å². The van der Waals surface area contributed by atoms with Crippen LogP contribution in [0, 0.1) is 0 Å². The van der Waals surface area contributed by atoms with Gasteiger partial charge in [0.1, 0.15) is 73.3 Å². The van der Waals surface area contributed by atoms with E-state index in [1.165, 1.54) is 0 Å². The van der Waals surface area contributed by atoms with Crippen molar-refractivity contribution < 1.29 is 79.0 Å². The van der Waals surface area contributed by atoms with Gasteiger partial charge in [-0.15, -0.1) is 0 Å². The molecule has 0 bridgehead atoms. The normalized spacial score (nSPS) is 35.7. The molecule has 2 saturated heterocycles. The number of hydrogen-bond acceptors (Lipinski definition) is 17. The van der Waals surface area contributed by atoms with Crippen LogP contribution in [0.4, 0.5) is 0 Å². The van der Waals surface area contributed by atoms with E-state index in [2.05, 4.69) is 5.32 Å². The average Bonchev–Trinajstić information content (AvgIpc) is 2.95. The molecule has 2 fully saturated rings. The van der Waals surface area contributed by atoms with Crippen LogP contribution >= 0.6 is 0 Å². The Hall–Kier alpha value is -2.24. The van der Waals surface area contributed by atoms with Gasteiger partial charge in [0.25, 0.3) is 0 Å². The standard InChI is InChI=1S/C24H41N3O16/c1-8(32)26-11(4-28)17(36)21(12(35)5-29)42-24-16(27(9(2)33)10(3)34)20(39)22(14(7-31)41-24)43-23-15(25)19(38)18(37)13(6-30)40-23/h4,11-24,29-31,35-39H,5-7,25H2,1-3H3,(H,26,32)/t11-,12+,13+,14+,15+,16+,17+,18+,19+,20+,21+,22+,23-,24-/m0/s1. The lowest BCUT2D eigenvalue weighted by molar-refractivity contribution is -0.345. The first kappa shape index (κ1) is 36.9. The number of aliphatic hydroxyl groups excluding tert-OH is 8. The van der Waals surface area contributed by atoms with Gasteiger partial charge in [0.2, 0.25) is 17.7 Å². The summed E-state index contributed by atoms with van der Waals surface area (Å²) in [5.41, 5.74) is 5.91. The van der Waals surface area contributed by atoms with Crippen molar-refractivity contribution in [3.8, 4) is 0 Å². The molecule has 0 radical (unpaired) electrons. The molecule has 3 amide bonds. The van der Waals surface area contributed by atoms with E-state index in [-0.39, 0.29) is 6.29 Å². The molecule has 0 aromatic heterocycles. The quantitative estimate of drug-likeness (QED) is 0.0848. The Balaban J connectivity index is 2.52. The lowest BCUT2D eigenvalue weighted by Crippen LogP contribution is -2.70. The predicted octanol–water partition coefficient (Wildman–Crippen LogP) is -7.22. The summed E-state index contributed by atoms with van der Waals surface area (Å²) in [6, 6.07) is -4.98. The number of nitrogens with two attached hydrogens (primary N) is 1. The zero-order valence-electron chi connectivity index (χ0n) is 23.6. The number of carbonyl (C=O) groups is 4. The molecule has 0 unspecified atom stereocenters. The minimum atomic E-state index is -2.05. The Morgan fingerprint density at radius 2 is 1.49 bits per heavy atom. The van der Waals surface area contributed by atoms with Crippen LogP contribution in [0.5, 0.6) is 0 Å². The number of ether oxygens (including phenoxy) is 4. The minimum absolute atomic E-state index is 0.122. The van der Waals surface area contributed by atoms with Gasteiger partial charge in [0.05, 0.1) is 25.9 Å². The Labute approximate surface area is 245 Å². The summed E-state index contributed by atoms with van der Waals surface area (Å²) in [7, 11) is 0. The molecular weight excluding hydrogens is 586 g/mol. The molecule has 0 saturated carbocycles. The first-order chi connectivity index (χ1) is 20.1. The van der Waals surface area contributed by atoms with E-state index < -0.39 is 123 Å². The van der Waals surface area contributed by atoms with Gasteiger partial charge < -0.3 is 75.6 Å². The Kier molecular flexibility index (Phi) is 13.9. The van der Waals surface area contributed by atoms with E-state index in [4.69, 9.17) is 24.7 Å². The van der Waals surface area contributed by atoms with E-state index in [1.807, 2.05) is 0 Å². The van der Waals surface area contributed by atoms with Crippen LogP contribution in [0.3, 0.4) is 0 Å². The van der Waals surface area contributed by atoms with Crippen LogP contribution in [0.25, 0.3) is 0 Å². The lowest BCUT2D eigenvalue weighted by Gasteiger charge is -2.50. The third-order valence-electron chi connectivity index (χ3n) is 7.10. The number of nitrogens with zero attached hydrogens (tertiary/aromatic N) is 1. The minimum Gasteiger partial charge on any atom is -0.394 e. The lowest BCUT2D eigenvalue weighted by atomic mass is 9.93. The number of rotatable bonds is 13. The number of nitrogens with one attached hydrogen (secondary N) is 1. The SMILES string of the molecule is CC(=O)N[C@@H](C=O)[C@@H](O)[C@H](O[C@@H]1O[C@H](CO)[C@@H](O[C@@H]2O[C@H](CO)[C@@H](O)[C@H](O)[C@H]2N)[C@H](O)[C@H]1N(C(C)=O)C(C)=O)[C@H](O)CO. The van der Waals surface area contributed by atoms with Crippen molar-refractivity contribution in [1.29, 1.82) is 0 Å². The van der Waals surface area contributed by atoms with E-state index >= 15 is 0 Å². The molecule has 2 aliphatic heterocycles. The van der Waals surface area contributed by atoms with E-state index in [9.17, 15) is 60.0 Å². The Morgan fingerprint density at radius 1 is 0.930 bits per heavy atom. The maximum absolute atomic E-state index is 12.5. The first-order valence-electron chi connectivity index (χ1n) is 13.3. The molecule has 0 spiro atoms. The monoisotopic (exact) mass is 627 g/mol. The molecule has 0 aromatic rings. The van der Waals surface area contributed by atoms with Crippen molar-refractivity contribution in [1.82, 2.24) is 10.2 Å². The molecule has 19 nitrogen and oxygen atoms in total. The summed E-state index contributed by atoms with van der Waals surface area (Å²) in [6.45, 7) is 0.197. The summed E-state index contributed by atoms with van der Waals surface area (Å²) in [5.74, 6) is -2.63. The first-order valence-corrected chi connectivity index (χ1v) is 13.3. The third kappa shape index (κ3) is 8.48. The number of aliphatic hydroxyl groups is 8. The van der Waals surface area contributed by atoms with Gasteiger partial charge in [0, 0.05) is 20.8 Å². The largest absolute Gasteiger partial charge is 0.394 e. The van der Waals surface area contributed by atoms with Gasteiger partial charge in [-0.25, -0.2) is 0 Å². The number of aldehydes is 1. The van der Waals surface area contributed by atoms with Crippen LogP contribution < -0.4 is 11.1 Å². The van der Waals surface area contributed by atoms with Gasteiger partial charge in [-0.2, -0.15) is 0 Å². The van der Waals surface area contributed by atoms with Gasteiger partial charge in [-0.3, -0.25) is 19.3 Å². The summed E-state index contributed by atoms with van der Waals surface area (Å²) in [6.07, 6.45) is -19.4. The summed E-state index contributed by atoms with van der Waals surface area (Å²) >= 11 is 0. The maximum atomic E-state index is 12.5. The second kappa shape index (κ2) is 16.2. The predicted molar refractivity (Wildman–Crippen MR) is 137 cm³/mol. The molecule has 0 aliphatic carbocycles. The van der Waals surface area contributed by atoms with Crippen LogP contribution in [0.1, 0.15) is 20.8 Å². The van der Waals surface area contributed by atoms with Crippen molar-refractivity contribution >= 4 is 24.0 Å².